The second-order valence-corrected chi connectivity index (χ2v) is 6.68. The van der Waals surface area contributed by atoms with Gasteiger partial charge in [0.1, 0.15) is 17.3 Å². The Kier molecular flexibility index (Phi) is 5.23. The molecule has 23 heavy (non-hydrogen) atoms. The first-order chi connectivity index (χ1) is 10.9. The molecular weight excluding hydrogens is 321 g/mol. The van der Waals surface area contributed by atoms with E-state index >= 15 is 0 Å². The monoisotopic (exact) mass is 339 g/mol. The molecule has 2 aromatic rings. The fourth-order valence-corrected chi connectivity index (χ4v) is 3.03. The number of hydrogen-bond donors (Lipinski definition) is 1. The van der Waals surface area contributed by atoms with Crippen molar-refractivity contribution in [2.45, 2.75) is 18.4 Å². The van der Waals surface area contributed by atoms with Crippen LogP contribution in [-0.4, -0.2) is 22.6 Å². The van der Waals surface area contributed by atoms with E-state index in [1.54, 1.807) is 25.1 Å². The molecule has 1 N–H and O–H groups in total. The number of rotatable bonds is 6. The van der Waals surface area contributed by atoms with Crippen molar-refractivity contribution >= 4 is 10.0 Å². The Bertz CT molecular complexity index is 806. The molecule has 7 heteroatoms. The SMILES string of the molecule is COc1ccc(OC)c(CNS(=O)(=O)c2ccc(C)c(F)c2)c1. The summed E-state index contributed by atoms with van der Waals surface area (Å²) in [6, 6.07) is 8.87. The van der Waals surface area contributed by atoms with Gasteiger partial charge in [0.25, 0.3) is 0 Å². The number of halogens is 1. The highest BCUT2D eigenvalue weighted by Crippen LogP contribution is 2.24. The van der Waals surface area contributed by atoms with Gasteiger partial charge in [0.15, 0.2) is 0 Å². The van der Waals surface area contributed by atoms with Gasteiger partial charge in [-0.25, -0.2) is 17.5 Å². The number of methoxy groups -OCH3 is 2. The summed E-state index contributed by atoms with van der Waals surface area (Å²) < 4.78 is 50.9. The Morgan fingerprint density at radius 2 is 1.83 bits per heavy atom. The lowest BCUT2D eigenvalue weighted by Crippen LogP contribution is -2.23. The molecule has 0 heterocycles. The second kappa shape index (κ2) is 6.97. The average Bonchev–Trinajstić information content (AvgIpc) is 2.55. The fraction of sp³-hybridized carbons (Fsp3) is 0.250. The number of sulfonamides is 1. The summed E-state index contributed by atoms with van der Waals surface area (Å²) in [4.78, 5) is -0.123. The van der Waals surface area contributed by atoms with Crippen LogP contribution in [0.4, 0.5) is 4.39 Å². The van der Waals surface area contributed by atoms with E-state index in [9.17, 15) is 12.8 Å². The summed E-state index contributed by atoms with van der Waals surface area (Å²) in [5, 5.41) is 0. The zero-order valence-corrected chi connectivity index (χ0v) is 13.9. The standard InChI is InChI=1S/C16H18FNO4S/c1-11-4-6-14(9-15(11)17)23(19,20)18-10-12-8-13(21-2)5-7-16(12)22-3/h4-9,18H,10H2,1-3H3. The molecule has 0 aliphatic heterocycles. The molecular formula is C16H18FNO4S. The van der Waals surface area contributed by atoms with Crippen LogP contribution in [-0.2, 0) is 16.6 Å². The summed E-state index contributed by atoms with van der Waals surface area (Å²) in [6.07, 6.45) is 0. The normalized spacial score (nSPS) is 11.3. The van der Waals surface area contributed by atoms with E-state index in [0.29, 0.717) is 22.6 Å². The van der Waals surface area contributed by atoms with Gasteiger partial charge in [0, 0.05) is 12.1 Å². The van der Waals surface area contributed by atoms with Gasteiger partial charge in [0.2, 0.25) is 10.0 Å². The molecule has 2 rings (SSSR count). The number of benzene rings is 2. The highest BCUT2D eigenvalue weighted by atomic mass is 32.2. The van der Waals surface area contributed by atoms with Crippen molar-refractivity contribution in [1.82, 2.24) is 4.72 Å². The van der Waals surface area contributed by atoms with Crippen molar-refractivity contribution < 1.29 is 22.3 Å². The van der Waals surface area contributed by atoms with Crippen molar-refractivity contribution in [3.8, 4) is 11.5 Å². The summed E-state index contributed by atoms with van der Waals surface area (Å²) >= 11 is 0. The van der Waals surface area contributed by atoms with Crippen LogP contribution in [0.1, 0.15) is 11.1 Å². The lowest BCUT2D eigenvalue weighted by Gasteiger charge is -2.12. The quantitative estimate of drug-likeness (QED) is 0.879. The Balaban J connectivity index is 2.23. The minimum atomic E-state index is -3.83. The van der Waals surface area contributed by atoms with Gasteiger partial charge in [-0.2, -0.15) is 0 Å². The molecule has 0 atom stereocenters. The summed E-state index contributed by atoms with van der Waals surface area (Å²) in [7, 11) is -0.815. The first kappa shape index (κ1) is 17.2. The zero-order valence-electron chi connectivity index (χ0n) is 13.1. The highest BCUT2D eigenvalue weighted by molar-refractivity contribution is 7.89. The van der Waals surface area contributed by atoms with E-state index in [0.717, 1.165) is 6.07 Å². The smallest absolute Gasteiger partial charge is 0.240 e. The number of aryl methyl sites for hydroxylation is 1. The van der Waals surface area contributed by atoms with Gasteiger partial charge in [-0.1, -0.05) is 6.07 Å². The first-order valence-electron chi connectivity index (χ1n) is 6.84. The summed E-state index contributed by atoms with van der Waals surface area (Å²) in [6.45, 7) is 1.57. The lowest BCUT2D eigenvalue weighted by atomic mass is 10.2. The van der Waals surface area contributed by atoms with Crippen LogP contribution in [0.5, 0.6) is 11.5 Å². The molecule has 0 aliphatic rings. The maximum atomic E-state index is 13.6. The molecule has 0 radical (unpaired) electrons. The molecule has 0 saturated heterocycles. The Labute approximate surface area is 135 Å². The molecule has 124 valence electrons. The summed E-state index contributed by atoms with van der Waals surface area (Å²) in [5.74, 6) is 0.553. The van der Waals surface area contributed by atoms with Gasteiger partial charge >= 0.3 is 0 Å². The third kappa shape index (κ3) is 4.00. The van der Waals surface area contributed by atoms with Gasteiger partial charge in [0.05, 0.1) is 19.1 Å². The minimum absolute atomic E-state index is 0.00178. The molecule has 0 saturated carbocycles. The van der Waals surface area contributed by atoms with Crippen molar-refractivity contribution in [1.29, 1.82) is 0 Å². The Morgan fingerprint density at radius 3 is 2.43 bits per heavy atom. The molecule has 5 nitrogen and oxygen atoms in total. The van der Waals surface area contributed by atoms with Crippen LogP contribution >= 0.6 is 0 Å². The number of hydrogen-bond acceptors (Lipinski definition) is 4. The maximum Gasteiger partial charge on any atom is 0.240 e. The first-order valence-corrected chi connectivity index (χ1v) is 8.32. The maximum absolute atomic E-state index is 13.6. The molecule has 0 bridgehead atoms. The zero-order chi connectivity index (χ0) is 17.0. The number of nitrogens with one attached hydrogen (secondary N) is 1. The molecule has 0 spiro atoms. The van der Waals surface area contributed by atoms with Crippen molar-refractivity contribution in [2.75, 3.05) is 14.2 Å². The Hall–Kier alpha value is -2.12. The molecule has 0 aromatic heterocycles. The van der Waals surface area contributed by atoms with Gasteiger partial charge in [-0.05, 0) is 42.8 Å². The van der Waals surface area contributed by atoms with Crippen LogP contribution in [0.2, 0.25) is 0 Å². The van der Waals surface area contributed by atoms with Gasteiger partial charge in [-0.3, -0.25) is 0 Å². The molecule has 2 aromatic carbocycles. The van der Waals surface area contributed by atoms with E-state index in [4.69, 9.17) is 9.47 Å². The lowest BCUT2D eigenvalue weighted by molar-refractivity contribution is 0.398. The van der Waals surface area contributed by atoms with Crippen LogP contribution in [0.25, 0.3) is 0 Å². The average molecular weight is 339 g/mol. The predicted molar refractivity (Wildman–Crippen MR) is 84.7 cm³/mol. The molecule has 0 unspecified atom stereocenters. The van der Waals surface area contributed by atoms with E-state index in [-0.39, 0.29) is 11.4 Å². The van der Waals surface area contributed by atoms with Crippen molar-refractivity contribution in [3.05, 3.63) is 53.3 Å². The fourth-order valence-electron chi connectivity index (χ4n) is 2.02. The molecule has 0 fully saturated rings. The van der Waals surface area contributed by atoms with Crippen LogP contribution in [0, 0.1) is 12.7 Å². The topological polar surface area (TPSA) is 64.6 Å². The third-order valence-electron chi connectivity index (χ3n) is 3.39. The third-order valence-corrected chi connectivity index (χ3v) is 4.79. The van der Waals surface area contributed by atoms with E-state index < -0.39 is 15.8 Å². The van der Waals surface area contributed by atoms with Crippen LogP contribution < -0.4 is 14.2 Å². The van der Waals surface area contributed by atoms with Gasteiger partial charge in [-0.15, -0.1) is 0 Å². The van der Waals surface area contributed by atoms with E-state index in [1.165, 1.54) is 26.4 Å². The van der Waals surface area contributed by atoms with Crippen LogP contribution in [0.15, 0.2) is 41.3 Å². The summed E-state index contributed by atoms with van der Waals surface area (Å²) in [5.41, 5.74) is 1.00. The van der Waals surface area contributed by atoms with Crippen molar-refractivity contribution in [3.63, 3.8) is 0 Å². The molecule has 0 amide bonds. The van der Waals surface area contributed by atoms with Crippen molar-refractivity contribution in [2.24, 2.45) is 0 Å². The highest BCUT2D eigenvalue weighted by Gasteiger charge is 2.16. The molecule has 0 aliphatic carbocycles. The second-order valence-electron chi connectivity index (χ2n) is 4.91. The van der Waals surface area contributed by atoms with E-state index in [2.05, 4.69) is 4.72 Å². The largest absolute Gasteiger partial charge is 0.497 e. The van der Waals surface area contributed by atoms with Gasteiger partial charge < -0.3 is 9.47 Å². The van der Waals surface area contributed by atoms with Crippen LogP contribution in [0.3, 0.4) is 0 Å². The minimum Gasteiger partial charge on any atom is -0.497 e. The predicted octanol–water partition coefficient (Wildman–Crippen LogP) is 2.63. The number of ether oxygens (including phenoxy) is 2. The van der Waals surface area contributed by atoms with E-state index in [1.807, 2.05) is 0 Å². The Morgan fingerprint density at radius 1 is 1.09 bits per heavy atom.